The minimum Gasteiger partial charge on any atom is -0.450 e. The van der Waals surface area contributed by atoms with Gasteiger partial charge in [0.2, 0.25) is 0 Å². The van der Waals surface area contributed by atoms with E-state index in [0.29, 0.717) is 31.1 Å². The fourth-order valence-electron chi connectivity index (χ4n) is 3.42. The van der Waals surface area contributed by atoms with E-state index in [9.17, 15) is 9.90 Å². The van der Waals surface area contributed by atoms with Gasteiger partial charge in [0.1, 0.15) is 0 Å². The highest BCUT2D eigenvalue weighted by Crippen LogP contribution is 2.30. The first kappa shape index (κ1) is 15.6. The van der Waals surface area contributed by atoms with Gasteiger partial charge in [0.15, 0.2) is 0 Å². The molecule has 5 nitrogen and oxygen atoms in total. The second-order valence-corrected chi connectivity index (χ2v) is 6.00. The maximum Gasteiger partial charge on any atom is 0.409 e. The molecule has 2 fully saturated rings. The molecule has 0 spiro atoms. The van der Waals surface area contributed by atoms with Crippen molar-refractivity contribution in [3.8, 4) is 0 Å². The van der Waals surface area contributed by atoms with Crippen LogP contribution < -0.4 is 5.32 Å². The van der Waals surface area contributed by atoms with Crippen LogP contribution in [0.2, 0.25) is 0 Å². The van der Waals surface area contributed by atoms with E-state index in [2.05, 4.69) is 5.32 Å². The van der Waals surface area contributed by atoms with Crippen molar-refractivity contribution in [1.29, 1.82) is 0 Å². The maximum atomic E-state index is 11.6. The van der Waals surface area contributed by atoms with Crippen molar-refractivity contribution in [1.82, 2.24) is 10.2 Å². The number of likely N-dealkylation sites (tertiary alicyclic amines) is 1. The van der Waals surface area contributed by atoms with Crippen LogP contribution in [0.5, 0.6) is 0 Å². The Morgan fingerprint density at radius 3 is 2.60 bits per heavy atom. The molecule has 1 heterocycles. The second-order valence-electron chi connectivity index (χ2n) is 6.00. The summed E-state index contributed by atoms with van der Waals surface area (Å²) in [6, 6.07) is 0.501. The predicted octanol–water partition coefficient (Wildman–Crippen LogP) is 1.61. The summed E-state index contributed by atoms with van der Waals surface area (Å²) in [5, 5.41) is 13.0. The lowest BCUT2D eigenvalue weighted by Gasteiger charge is -2.32. The Kier molecular flexibility index (Phi) is 6.10. The molecule has 2 atom stereocenters. The molecule has 1 saturated carbocycles. The first-order chi connectivity index (χ1) is 9.74. The third-order valence-corrected chi connectivity index (χ3v) is 4.74. The number of hydrogen-bond donors (Lipinski definition) is 2. The zero-order valence-corrected chi connectivity index (χ0v) is 12.5. The smallest absolute Gasteiger partial charge is 0.409 e. The average molecular weight is 284 g/mol. The molecule has 2 aliphatic rings. The number of carbonyl (C=O) groups is 1. The van der Waals surface area contributed by atoms with Crippen LogP contribution in [0.15, 0.2) is 0 Å². The molecular formula is C15H28N2O3. The molecule has 0 aromatic carbocycles. The monoisotopic (exact) mass is 284 g/mol. The molecule has 1 saturated heterocycles. The minimum atomic E-state index is -0.179. The molecule has 2 unspecified atom stereocenters. The number of aliphatic hydroxyl groups is 1. The number of aliphatic hydroxyl groups excluding tert-OH is 1. The van der Waals surface area contributed by atoms with E-state index in [0.717, 1.165) is 32.5 Å². The lowest BCUT2D eigenvalue weighted by molar-refractivity contribution is 0.0942. The fourth-order valence-corrected chi connectivity index (χ4v) is 3.42. The van der Waals surface area contributed by atoms with E-state index in [1.807, 2.05) is 6.92 Å². The highest BCUT2D eigenvalue weighted by atomic mass is 16.6. The molecule has 20 heavy (non-hydrogen) atoms. The van der Waals surface area contributed by atoms with Crippen LogP contribution in [0.1, 0.15) is 39.0 Å². The topological polar surface area (TPSA) is 61.8 Å². The third-order valence-electron chi connectivity index (χ3n) is 4.74. The van der Waals surface area contributed by atoms with E-state index in [4.69, 9.17) is 4.74 Å². The van der Waals surface area contributed by atoms with E-state index in [-0.39, 0.29) is 6.09 Å². The summed E-state index contributed by atoms with van der Waals surface area (Å²) < 4.78 is 5.03. The van der Waals surface area contributed by atoms with E-state index in [1.165, 1.54) is 19.3 Å². The van der Waals surface area contributed by atoms with Crippen LogP contribution in [-0.4, -0.2) is 55.0 Å². The summed E-state index contributed by atoms with van der Waals surface area (Å²) in [7, 11) is 0. The number of rotatable bonds is 5. The normalized spacial score (nSPS) is 27.8. The molecule has 0 bridgehead atoms. The van der Waals surface area contributed by atoms with Gasteiger partial charge < -0.3 is 20.1 Å². The van der Waals surface area contributed by atoms with Crippen molar-refractivity contribution >= 4 is 6.09 Å². The fraction of sp³-hybridized carbons (Fsp3) is 0.933. The largest absolute Gasteiger partial charge is 0.450 e. The number of carbonyl (C=O) groups excluding carboxylic acids is 1. The standard InChI is InChI=1S/C15H28N2O3/c1-2-20-15(19)17-8-6-14(7-9-17)16-10-12-4-3-5-13(12)11-18/h12-14,16,18H,2-11H2,1H3. The second kappa shape index (κ2) is 7.84. The SMILES string of the molecule is CCOC(=O)N1CCC(NCC2CCCC2CO)CC1. The van der Waals surface area contributed by atoms with Crippen molar-refractivity contribution in [2.45, 2.75) is 45.1 Å². The molecule has 5 heteroatoms. The van der Waals surface area contributed by atoms with E-state index in [1.54, 1.807) is 4.90 Å². The van der Waals surface area contributed by atoms with Gasteiger partial charge in [-0.3, -0.25) is 0 Å². The molecule has 0 radical (unpaired) electrons. The summed E-state index contributed by atoms with van der Waals surface area (Å²) in [6.07, 6.45) is 5.47. The van der Waals surface area contributed by atoms with Gasteiger partial charge in [0.25, 0.3) is 0 Å². The number of piperidine rings is 1. The summed E-state index contributed by atoms with van der Waals surface area (Å²) in [4.78, 5) is 13.4. The highest BCUT2D eigenvalue weighted by Gasteiger charge is 2.28. The van der Waals surface area contributed by atoms with Crippen LogP contribution in [0, 0.1) is 11.8 Å². The summed E-state index contributed by atoms with van der Waals surface area (Å²) >= 11 is 0. The van der Waals surface area contributed by atoms with Gasteiger partial charge in [-0.15, -0.1) is 0 Å². The van der Waals surface area contributed by atoms with Crippen molar-refractivity contribution in [3.63, 3.8) is 0 Å². The van der Waals surface area contributed by atoms with Gasteiger partial charge in [-0.25, -0.2) is 4.79 Å². The van der Waals surface area contributed by atoms with Crippen LogP contribution >= 0.6 is 0 Å². The van der Waals surface area contributed by atoms with Crippen molar-refractivity contribution < 1.29 is 14.6 Å². The van der Waals surface area contributed by atoms with Crippen molar-refractivity contribution in [3.05, 3.63) is 0 Å². The zero-order valence-electron chi connectivity index (χ0n) is 12.5. The van der Waals surface area contributed by atoms with Crippen LogP contribution in [0.4, 0.5) is 4.79 Å². The number of nitrogens with zero attached hydrogens (tertiary/aromatic N) is 1. The van der Waals surface area contributed by atoms with Crippen LogP contribution in [0.3, 0.4) is 0 Å². The zero-order chi connectivity index (χ0) is 14.4. The molecule has 2 N–H and O–H groups in total. The lowest BCUT2D eigenvalue weighted by atomic mass is 9.96. The van der Waals surface area contributed by atoms with Gasteiger partial charge in [0, 0.05) is 25.7 Å². The van der Waals surface area contributed by atoms with Gasteiger partial charge in [-0.1, -0.05) is 6.42 Å². The Bertz CT molecular complexity index is 303. The molecule has 0 aromatic rings. The van der Waals surface area contributed by atoms with E-state index >= 15 is 0 Å². The summed E-state index contributed by atoms with van der Waals surface area (Å²) in [6.45, 7) is 5.19. The number of ether oxygens (including phenoxy) is 1. The van der Waals surface area contributed by atoms with Gasteiger partial charge in [-0.2, -0.15) is 0 Å². The summed E-state index contributed by atoms with van der Waals surface area (Å²) in [5.41, 5.74) is 0. The van der Waals surface area contributed by atoms with Crippen LogP contribution in [0.25, 0.3) is 0 Å². The Morgan fingerprint density at radius 2 is 1.95 bits per heavy atom. The van der Waals surface area contributed by atoms with Crippen molar-refractivity contribution in [2.75, 3.05) is 32.8 Å². The van der Waals surface area contributed by atoms with Gasteiger partial charge >= 0.3 is 6.09 Å². The third kappa shape index (κ3) is 4.09. The molecule has 1 aliphatic heterocycles. The molecule has 116 valence electrons. The van der Waals surface area contributed by atoms with E-state index < -0.39 is 0 Å². The number of nitrogens with one attached hydrogen (secondary N) is 1. The Balaban J connectivity index is 1.65. The van der Waals surface area contributed by atoms with Gasteiger partial charge in [-0.05, 0) is 51.0 Å². The quantitative estimate of drug-likeness (QED) is 0.805. The number of hydrogen-bond acceptors (Lipinski definition) is 4. The molecular weight excluding hydrogens is 256 g/mol. The lowest BCUT2D eigenvalue weighted by Crippen LogP contribution is -2.46. The molecule has 1 amide bonds. The Morgan fingerprint density at radius 1 is 1.25 bits per heavy atom. The molecule has 0 aromatic heterocycles. The Labute approximate surface area is 121 Å². The number of amides is 1. The minimum absolute atomic E-state index is 0.179. The van der Waals surface area contributed by atoms with Crippen LogP contribution in [-0.2, 0) is 4.74 Å². The summed E-state index contributed by atoms with van der Waals surface area (Å²) in [5.74, 6) is 1.12. The Hall–Kier alpha value is -0.810. The molecule has 1 aliphatic carbocycles. The first-order valence-electron chi connectivity index (χ1n) is 8.00. The van der Waals surface area contributed by atoms with Crippen molar-refractivity contribution in [2.24, 2.45) is 11.8 Å². The molecule has 2 rings (SSSR count). The van der Waals surface area contributed by atoms with Gasteiger partial charge in [0.05, 0.1) is 6.61 Å². The highest BCUT2D eigenvalue weighted by molar-refractivity contribution is 5.67. The maximum absolute atomic E-state index is 11.6. The average Bonchev–Trinajstić information content (AvgIpc) is 2.93. The first-order valence-corrected chi connectivity index (χ1v) is 8.00. The predicted molar refractivity (Wildman–Crippen MR) is 77.5 cm³/mol.